The largest absolute Gasteiger partial charge is 0.263 e. The second-order valence-electron chi connectivity index (χ2n) is 3.28. The number of nitrogens with one attached hydrogen (secondary N) is 1. The van der Waals surface area contributed by atoms with E-state index in [1.54, 1.807) is 12.1 Å². The molecule has 0 aliphatic carbocycles. The van der Waals surface area contributed by atoms with Crippen LogP contribution < -0.4 is 4.72 Å². The standard InChI is InChI=1S/C11H9FN2O2S/c12-9-4-3-5-10(8-9)17(15,16)14-11-6-1-2-7-13-11/h1-8H,(H,13,14). The van der Waals surface area contributed by atoms with Crippen LogP contribution in [0.5, 0.6) is 0 Å². The van der Waals surface area contributed by atoms with Gasteiger partial charge >= 0.3 is 0 Å². The van der Waals surface area contributed by atoms with Gasteiger partial charge < -0.3 is 0 Å². The van der Waals surface area contributed by atoms with Crippen molar-refractivity contribution >= 4 is 15.8 Å². The Morgan fingerprint density at radius 3 is 2.59 bits per heavy atom. The molecule has 0 fully saturated rings. The molecule has 0 saturated heterocycles. The number of halogens is 1. The molecule has 0 aliphatic rings. The second kappa shape index (κ2) is 4.50. The highest BCUT2D eigenvalue weighted by Crippen LogP contribution is 2.14. The van der Waals surface area contributed by atoms with E-state index in [1.165, 1.54) is 30.5 Å². The third kappa shape index (κ3) is 2.79. The van der Waals surface area contributed by atoms with Crippen molar-refractivity contribution in [1.29, 1.82) is 0 Å². The Labute approximate surface area is 98.2 Å². The minimum absolute atomic E-state index is 0.136. The van der Waals surface area contributed by atoms with Gasteiger partial charge in [0.1, 0.15) is 11.6 Å². The second-order valence-corrected chi connectivity index (χ2v) is 4.96. The highest BCUT2D eigenvalue weighted by atomic mass is 32.2. The first-order valence-corrected chi connectivity index (χ1v) is 6.26. The molecule has 88 valence electrons. The lowest BCUT2D eigenvalue weighted by Crippen LogP contribution is -2.13. The molecule has 4 nitrogen and oxygen atoms in total. The van der Waals surface area contributed by atoms with Crippen molar-refractivity contribution in [1.82, 2.24) is 4.98 Å². The number of rotatable bonds is 3. The van der Waals surface area contributed by atoms with Crippen LogP contribution in [0, 0.1) is 5.82 Å². The molecule has 1 heterocycles. The fourth-order valence-corrected chi connectivity index (χ4v) is 2.29. The van der Waals surface area contributed by atoms with Gasteiger partial charge in [0.25, 0.3) is 10.0 Å². The normalized spacial score (nSPS) is 11.1. The van der Waals surface area contributed by atoms with Crippen LogP contribution in [0.1, 0.15) is 0 Å². The highest BCUT2D eigenvalue weighted by molar-refractivity contribution is 7.92. The number of anilines is 1. The van der Waals surface area contributed by atoms with Crippen LogP contribution in [0.15, 0.2) is 53.6 Å². The zero-order valence-electron chi connectivity index (χ0n) is 8.67. The maximum Gasteiger partial charge on any atom is 0.263 e. The Hall–Kier alpha value is -1.95. The molecule has 0 atom stereocenters. The van der Waals surface area contributed by atoms with E-state index in [1.807, 2.05) is 0 Å². The summed E-state index contributed by atoms with van der Waals surface area (Å²) in [6.07, 6.45) is 1.46. The number of hydrogen-bond acceptors (Lipinski definition) is 3. The van der Waals surface area contributed by atoms with Crippen molar-refractivity contribution in [2.45, 2.75) is 4.90 Å². The first kappa shape index (κ1) is 11.5. The highest BCUT2D eigenvalue weighted by Gasteiger charge is 2.14. The summed E-state index contributed by atoms with van der Waals surface area (Å²) < 4.78 is 38.9. The summed E-state index contributed by atoms with van der Waals surface area (Å²) in [5, 5.41) is 0. The van der Waals surface area contributed by atoms with Gasteiger partial charge in [0.2, 0.25) is 0 Å². The van der Waals surface area contributed by atoms with E-state index in [2.05, 4.69) is 9.71 Å². The van der Waals surface area contributed by atoms with E-state index >= 15 is 0 Å². The zero-order valence-corrected chi connectivity index (χ0v) is 9.49. The predicted octanol–water partition coefficient (Wildman–Crippen LogP) is 2.02. The Bertz CT molecular complexity index is 614. The zero-order chi connectivity index (χ0) is 12.3. The van der Waals surface area contributed by atoms with Crippen LogP contribution in [0.3, 0.4) is 0 Å². The van der Waals surface area contributed by atoms with Gasteiger partial charge in [-0.3, -0.25) is 4.72 Å². The Balaban J connectivity index is 2.32. The van der Waals surface area contributed by atoms with E-state index < -0.39 is 15.8 Å². The molecule has 1 aromatic carbocycles. The van der Waals surface area contributed by atoms with E-state index in [0.717, 1.165) is 6.07 Å². The monoisotopic (exact) mass is 252 g/mol. The number of pyridine rings is 1. The van der Waals surface area contributed by atoms with Gasteiger partial charge in [0.15, 0.2) is 0 Å². The van der Waals surface area contributed by atoms with E-state index in [9.17, 15) is 12.8 Å². The van der Waals surface area contributed by atoms with Crippen LogP contribution in [0.25, 0.3) is 0 Å². The van der Waals surface area contributed by atoms with E-state index in [4.69, 9.17) is 0 Å². The average Bonchev–Trinajstić information content (AvgIpc) is 2.30. The Morgan fingerprint density at radius 2 is 1.94 bits per heavy atom. The molecule has 1 N–H and O–H groups in total. The Morgan fingerprint density at radius 1 is 1.12 bits per heavy atom. The van der Waals surface area contributed by atoms with Gasteiger partial charge in [-0.2, -0.15) is 0 Å². The summed E-state index contributed by atoms with van der Waals surface area (Å²) in [5.41, 5.74) is 0. The summed E-state index contributed by atoms with van der Waals surface area (Å²) in [4.78, 5) is 3.69. The molecule has 0 bridgehead atoms. The van der Waals surface area contributed by atoms with Crippen molar-refractivity contribution < 1.29 is 12.8 Å². The topological polar surface area (TPSA) is 59.1 Å². The Kier molecular flexibility index (Phi) is 3.06. The van der Waals surface area contributed by atoms with E-state index in [-0.39, 0.29) is 10.7 Å². The molecule has 0 radical (unpaired) electrons. The molecule has 17 heavy (non-hydrogen) atoms. The van der Waals surface area contributed by atoms with Crippen molar-refractivity contribution in [3.05, 3.63) is 54.5 Å². The van der Waals surface area contributed by atoms with Crippen molar-refractivity contribution in [3.63, 3.8) is 0 Å². The number of nitrogens with zero attached hydrogens (tertiary/aromatic N) is 1. The lowest BCUT2D eigenvalue weighted by Gasteiger charge is -2.06. The summed E-state index contributed by atoms with van der Waals surface area (Å²) >= 11 is 0. The summed E-state index contributed by atoms with van der Waals surface area (Å²) in [6, 6.07) is 9.61. The molecule has 0 spiro atoms. The van der Waals surface area contributed by atoms with Crippen LogP contribution in [0.2, 0.25) is 0 Å². The molecule has 0 unspecified atom stereocenters. The van der Waals surface area contributed by atoms with Gasteiger partial charge in [-0.15, -0.1) is 0 Å². The molecular weight excluding hydrogens is 243 g/mol. The van der Waals surface area contributed by atoms with Crippen molar-refractivity contribution in [2.75, 3.05) is 4.72 Å². The quantitative estimate of drug-likeness (QED) is 0.909. The number of aromatic nitrogens is 1. The van der Waals surface area contributed by atoms with E-state index in [0.29, 0.717) is 0 Å². The molecule has 2 aromatic rings. The van der Waals surface area contributed by atoms with Crippen LogP contribution in [0.4, 0.5) is 10.2 Å². The summed E-state index contributed by atoms with van der Waals surface area (Å²) in [5.74, 6) is -0.411. The first-order valence-electron chi connectivity index (χ1n) is 4.77. The SMILES string of the molecule is O=S(=O)(Nc1ccccn1)c1cccc(F)c1. The maximum atomic E-state index is 12.9. The average molecular weight is 252 g/mol. The minimum Gasteiger partial charge on any atom is -0.263 e. The minimum atomic E-state index is -3.79. The van der Waals surface area contributed by atoms with Crippen molar-refractivity contribution in [2.24, 2.45) is 0 Å². The number of hydrogen-bond donors (Lipinski definition) is 1. The first-order chi connectivity index (χ1) is 8.08. The number of sulfonamides is 1. The maximum absolute atomic E-state index is 12.9. The van der Waals surface area contributed by atoms with Crippen LogP contribution in [-0.2, 0) is 10.0 Å². The van der Waals surface area contributed by atoms with Crippen molar-refractivity contribution in [3.8, 4) is 0 Å². The van der Waals surface area contributed by atoms with Gasteiger partial charge in [-0.1, -0.05) is 12.1 Å². The van der Waals surface area contributed by atoms with Gasteiger partial charge in [-0.25, -0.2) is 17.8 Å². The molecule has 0 amide bonds. The molecule has 2 rings (SSSR count). The van der Waals surface area contributed by atoms with Crippen LogP contribution >= 0.6 is 0 Å². The molecule has 1 aromatic heterocycles. The van der Waals surface area contributed by atoms with Gasteiger partial charge in [0, 0.05) is 6.20 Å². The molecule has 6 heteroatoms. The molecule has 0 saturated carbocycles. The van der Waals surface area contributed by atoms with Gasteiger partial charge in [0.05, 0.1) is 4.90 Å². The summed E-state index contributed by atoms with van der Waals surface area (Å²) in [7, 11) is -3.79. The fraction of sp³-hybridized carbons (Fsp3) is 0. The third-order valence-corrected chi connectivity index (χ3v) is 3.36. The molecule has 0 aliphatic heterocycles. The van der Waals surface area contributed by atoms with Gasteiger partial charge in [-0.05, 0) is 30.3 Å². The predicted molar refractivity (Wildman–Crippen MR) is 61.4 cm³/mol. The smallest absolute Gasteiger partial charge is 0.263 e. The summed E-state index contributed by atoms with van der Waals surface area (Å²) in [6.45, 7) is 0. The molecular formula is C11H9FN2O2S. The number of benzene rings is 1. The lowest BCUT2D eigenvalue weighted by atomic mass is 10.4. The lowest BCUT2D eigenvalue weighted by molar-refractivity contribution is 0.595. The third-order valence-electron chi connectivity index (χ3n) is 2.01. The fourth-order valence-electron chi connectivity index (χ4n) is 1.25. The van der Waals surface area contributed by atoms with Crippen LogP contribution in [-0.4, -0.2) is 13.4 Å².